The Balaban J connectivity index is 0.00000242. The Hall–Kier alpha value is -3.02. The third-order valence-electron chi connectivity index (χ3n) is 2.78. The van der Waals surface area contributed by atoms with Crippen molar-refractivity contribution in [2.75, 3.05) is 6.79 Å². The van der Waals surface area contributed by atoms with E-state index in [0.29, 0.717) is 22.6 Å². The van der Waals surface area contributed by atoms with E-state index in [2.05, 4.69) is 0 Å². The highest BCUT2D eigenvalue weighted by molar-refractivity contribution is 5.95. The second-order valence-electron chi connectivity index (χ2n) is 4.28. The summed E-state index contributed by atoms with van der Waals surface area (Å²) in [7, 11) is 0. The quantitative estimate of drug-likeness (QED) is 0.372. The summed E-state index contributed by atoms with van der Waals surface area (Å²) in [4.78, 5) is 0. The molecule has 0 aliphatic heterocycles. The normalized spacial score (nSPS) is 9.04. The lowest BCUT2D eigenvalue weighted by atomic mass is 10.2. The molecule has 0 saturated heterocycles. The van der Waals surface area contributed by atoms with Crippen LogP contribution in [0.25, 0.3) is 0 Å². The highest BCUT2D eigenvalue weighted by atomic mass is 16.7. The number of rotatable bonds is 6. The van der Waals surface area contributed by atoms with Gasteiger partial charge in [0.1, 0.15) is 23.2 Å². The van der Waals surface area contributed by atoms with Crippen molar-refractivity contribution in [2.45, 2.75) is 14.9 Å². The van der Waals surface area contributed by atoms with Crippen molar-refractivity contribution < 1.29 is 9.47 Å². The third kappa shape index (κ3) is 5.70. The smallest absolute Gasteiger partial charge is 0.230 e. The van der Waals surface area contributed by atoms with Crippen LogP contribution in [0.2, 0.25) is 0 Å². The number of nitrogens with two attached hydrogens (primary N) is 2. The van der Waals surface area contributed by atoms with Crippen molar-refractivity contribution in [3.05, 3.63) is 59.7 Å². The van der Waals surface area contributed by atoms with Crippen LogP contribution in [-0.4, -0.2) is 18.5 Å². The van der Waals surface area contributed by atoms with Crippen LogP contribution in [0.4, 0.5) is 0 Å². The minimum atomic E-state index is 0. The standard InChI is InChI=1S/C15H16N4O2.2CH4/c16-14(17)10-1-5-12(6-2-10)20-9-21-13-7-3-11(4-8-13)15(18)19;;/h1-8H,9H2,(H3,16,17)(H3,18,19);2*1H4. The number of ether oxygens (including phenoxy) is 2. The molecular weight excluding hydrogens is 292 g/mol. The Kier molecular flexibility index (Phi) is 7.90. The van der Waals surface area contributed by atoms with E-state index in [4.69, 9.17) is 31.8 Å². The van der Waals surface area contributed by atoms with E-state index in [1.165, 1.54) is 0 Å². The number of amidine groups is 2. The molecule has 0 heterocycles. The summed E-state index contributed by atoms with van der Waals surface area (Å²) in [6.07, 6.45) is 0. The number of hydrogen-bond acceptors (Lipinski definition) is 4. The zero-order valence-corrected chi connectivity index (χ0v) is 11.3. The Labute approximate surface area is 137 Å². The molecule has 0 bridgehead atoms. The molecule has 6 N–H and O–H groups in total. The van der Waals surface area contributed by atoms with Crippen LogP contribution in [0.5, 0.6) is 11.5 Å². The summed E-state index contributed by atoms with van der Waals surface area (Å²) in [6, 6.07) is 13.7. The van der Waals surface area contributed by atoms with Gasteiger partial charge in [0.25, 0.3) is 0 Å². The monoisotopic (exact) mass is 316 g/mol. The van der Waals surface area contributed by atoms with Crippen molar-refractivity contribution in [2.24, 2.45) is 11.5 Å². The van der Waals surface area contributed by atoms with Gasteiger partial charge in [-0.3, -0.25) is 10.8 Å². The second-order valence-corrected chi connectivity index (χ2v) is 4.28. The van der Waals surface area contributed by atoms with Crippen LogP contribution in [0.15, 0.2) is 48.5 Å². The van der Waals surface area contributed by atoms with Crippen LogP contribution in [0.1, 0.15) is 26.0 Å². The minimum Gasteiger partial charge on any atom is -0.458 e. The predicted molar refractivity (Wildman–Crippen MR) is 94.5 cm³/mol. The number of hydrogen-bond donors (Lipinski definition) is 4. The fourth-order valence-electron chi connectivity index (χ4n) is 1.63. The molecule has 23 heavy (non-hydrogen) atoms. The fraction of sp³-hybridized carbons (Fsp3) is 0.176. The molecule has 0 aromatic heterocycles. The van der Waals surface area contributed by atoms with Gasteiger partial charge in [0, 0.05) is 11.1 Å². The molecule has 0 saturated carbocycles. The summed E-state index contributed by atoms with van der Waals surface area (Å²) >= 11 is 0. The third-order valence-corrected chi connectivity index (χ3v) is 2.78. The van der Waals surface area contributed by atoms with Crippen molar-refractivity contribution in [1.29, 1.82) is 10.8 Å². The van der Waals surface area contributed by atoms with Crippen LogP contribution in [0, 0.1) is 10.8 Å². The van der Waals surface area contributed by atoms with Gasteiger partial charge in [0.15, 0.2) is 0 Å². The first-order valence-electron chi connectivity index (χ1n) is 6.21. The molecule has 2 rings (SSSR count). The Bertz CT molecular complexity index is 579. The predicted octanol–water partition coefficient (Wildman–Crippen LogP) is 2.94. The van der Waals surface area contributed by atoms with Crippen molar-refractivity contribution in [3.63, 3.8) is 0 Å². The SMILES string of the molecule is C.C.N=C(N)c1ccc(OCOc2ccc(C(=N)N)cc2)cc1. The molecule has 124 valence electrons. The second kappa shape index (κ2) is 9.09. The van der Waals surface area contributed by atoms with E-state index in [0.717, 1.165) is 0 Å². The molecule has 0 aliphatic rings. The topological polar surface area (TPSA) is 118 Å². The zero-order valence-electron chi connectivity index (χ0n) is 11.3. The average Bonchev–Trinajstić information content (AvgIpc) is 2.48. The first-order chi connectivity index (χ1) is 10.1. The molecule has 0 unspecified atom stereocenters. The maximum Gasteiger partial charge on any atom is 0.230 e. The highest BCUT2D eigenvalue weighted by Gasteiger charge is 2.00. The Morgan fingerprint density at radius 1 is 0.696 bits per heavy atom. The molecule has 0 radical (unpaired) electrons. The van der Waals surface area contributed by atoms with E-state index in [-0.39, 0.29) is 33.3 Å². The number of nitrogens with one attached hydrogen (secondary N) is 2. The molecule has 0 atom stereocenters. The van der Waals surface area contributed by atoms with Crippen molar-refractivity contribution in [1.82, 2.24) is 0 Å². The highest BCUT2D eigenvalue weighted by Crippen LogP contribution is 2.14. The largest absolute Gasteiger partial charge is 0.458 e. The molecule has 6 heteroatoms. The Morgan fingerprint density at radius 3 is 1.26 bits per heavy atom. The lowest BCUT2D eigenvalue weighted by Gasteiger charge is -2.09. The van der Waals surface area contributed by atoms with Gasteiger partial charge in [-0.25, -0.2) is 0 Å². The summed E-state index contributed by atoms with van der Waals surface area (Å²) < 4.78 is 10.8. The molecule has 2 aromatic rings. The molecule has 6 nitrogen and oxygen atoms in total. The molecule has 0 spiro atoms. The molecular formula is C17H24N4O2. The van der Waals surface area contributed by atoms with Gasteiger partial charge in [-0.2, -0.15) is 0 Å². The van der Waals surface area contributed by atoms with Crippen LogP contribution in [0.3, 0.4) is 0 Å². The molecule has 0 aliphatic carbocycles. The van der Waals surface area contributed by atoms with Crippen LogP contribution >= 0.6 is 0 Å². The lowest BCUT2D eigenvalue weighted by molar-refractivity contribution is 0.120. The zero-order chi connectivity index (χ0) is 15.2. The summed E-state index contributed by atoms with van der Waals surface area (Å²) in [6.45, 7) is 0.0544. The van der Waals surface area contributed by atoms with Crippen molar-refractivity contribution >= 4 is 11.7 Å². The van der Waals surface area contributed by atoms with Gasteiger partial charge < -0.3 is 20.9 Å². The van der Waals surface area contributed by atoms with Gasteiger partial charge in [0.2, 0.25) is 6.79 Å². The number of nitrogen functional groups attached to an aromatic ring is 2. The fourth-order valence-corrected chi connectivity index (χ4v) is 1.63. The molecule has 2 aromatic carbocycles. The minimum absolute atomic E-state index is 0. The van der Waals surface area contributed by atoms with E-state index in [1.54, 1.807) is 48.5 Å². The maximum atomic E-state index is 7.29. The first-order valence-corrected chi connectivity index (χ1v) is 6.21. The van der Waals surface area contributed by atoms with Gasteiger partial charge in [-0.15, -0.1) is 0 Å². The van der Waals surface area contributed by atoms with Gasteiger partial charge in [0.05, 0.1) is 0 Å². The van der Waals surface area contributed by atoms with Gasteiger partial charge in [-0.1, -0.05) is 14.9 Å². The Morgan fingerprint density at radius 2 is 1.00 bits per heavy atom. The number of benzene rings is 2. The van der Waals surface area contributed by atoms with Crippen molar-refractivity contribution in [3.8, 4) is 11.5 Å². The van der Waals surface area contributed by atoms with E-state index in [1.807, 2.05) is 0 Å². The van der Waals surface area contributed by atoms with E-state index in [9.17, 15) is 0 Å². The van der Waals surface area contributed by atoms with E-state index >= 15 is 0 Å². The lowest BCUT2D eigenvalue weighted by Crippen LogP contribution is -2.11. The first kappa shape index (κ1) is 20.0. The summed E-state index contributed by atoms with van der Waals surface area (Å²) in [5.41, 5.74) is 12.0. The van der Waals surface area contributed by atoms with Crippen LogP contribution in [-0.2, 0) is 0 Å². The summed E-state index contributed by atoms with van der Waals surface area (Å²) in [5, 5.41) is 14.6. The summed E-state index contributed by atoms with van der Waals surface area (Å²) in [5.74, 6) is 1.28. The molecule has 0 fully saturated rings. The maximum absolute atomic E-state index is 7.29. The van der Waals surface area contributed by atoms with E-state index < -0.39 is 0 Å². The van der Waals surface area contributed by atoms with Crippen LogP contribution < -0.4 is 20.9 Å². The van der Waals surface area contributed by atoms with Gasteiger partial charge >= 0.3 is 0 Å². The average molecular weight is 316 g/mol. The van der Waals surface area contributed by atoms with Gasteiger partial charge in [-0.05, 0) is 48.5 Å². The molecule has 0 amide bonds.